The molecule has 0 fully saturated rings. The minimum atomic E-state index is -0.103. The molecule has 13 rings (SSSR count). The van der Waals surface area contributed by atoms with Crippen molar-refractivity contribution in [2.75, 3.05) is 0 Å². The van der Waals surface area contributed by atoms with E-state index in [4.69, 9.17) is 0 Å². The summed E-state index contributed by atoms with van der Waals surface area (Å²) in [5.74, 6) is 0. The number of rotatable bonds is 2. The van der Waals surface area contributed by atoms with Crippen molar-refractivity contribution in [1.29, 1.82) is 0 Å². The van der Waals surface area contributed by atoms with Gasteiger partial charge in [-0.05, 0) is 107 Å². The van der Waals surface area contributed by atoms with E-state index in [1.54, 1.807) is 0 Å². The van der Waals surface area contributed by atoms with Gasteiger partial charge in [-0.1, -0.05) is 132 Å². The van der Waals surface area contributed by atoms with Gasteiger partial charge in [0.15, 0.2) is 0 Å². The third-order valence-electron chi connectivity index (χ3n) is 15.1. The van der Waals surface area contributed by atoms with Crippen LogP contribution < -0.4 is 0 Å². The number of nitrogens with zero attached hydrogens (tertiary/aromatic N) is 4. The summed E-state index contributed by atoms with van der Waals surface area (Å²) in [6, 6.07) is 51.5. The van der Waals surface area contributed by atoms with Crippen LogP contribution in [0.15, 0.2) is 133 Å². The minimum absolute atomic E-state index is 0.00771. The zero-order valence-electron chi connectivity index (χ0n) is 40.5. The van der Waals surface area contributed by atoms with Gasteiger partial charge in [0.25, 0.3) is 0 Å². The topological polar surface area (TPSA) is 18.7 Å². The Bertz CT molecular complexity index is 3890. The standard InChI is InChI=1S/C62H58N4/c1-59(2,3)37-23-25-45-41(31-37)53-49(63(45)39-19-15-13-16-20-39)27-35-29-51(61(7,8)9)65-47-34-48-44(33-43(47)55(53)57(35)65)56-54-42-32-38(60(4,5)6)24-26-46(42)64(40-21-17-14-18-22-40)50(54)28-36-30-52(62(10,11)12)66(48)58(36)56/h13-34H,1-12H3. The molecule has 66 heavy (non-hydrogen) atoms. The first-order valence-electron chi connectivity index (χ1n) is 23.9. The average molecular weight is 859 g/mol. The predicted molar refractivity (Wildman–Crippen MR) is 284 cm³/mol. The largest absolute Gasteiger partial charge is 0.312 e. The highest BCUT2D eigenvalue weighted by atomic mass is 15.0. The Hall–Kier alpha value is -6.78. The van der Waals surface area contributed by atoms with Gasteiger partial charge in [0, 0.05) is 87.5 Å². The van der Waals surface area contributed by atoms with Gasteiger partial charge < -0.3 is 17.9 Å². The molecule has 0 radical (unpaired) electrons. The number of fused-ring (bicyclic) bond motifs is 14. The van der Waals surface area contributed by atoms with Crippen LogP contribution in [0.25, 0.3) is 109 Å². The molecular formula is C62H58N4. The molecule has 0 unspecified atom stereocenters. The van der Waals surface area contributed by atoms with Crippen molar-refractivity contribution >= 4 is 98.0 Å². The molecule has 0 bridgehead atoms. The second kappa shape index (κ2) is 12.6. The molecule has 0 amide bonds. The normalized spacial score (nSPS) is 13.8. The Balaban J connectivity index is 1.31. The summed E-state index contributed by atoms with van der Waals surface area (Å²) in [6.07, 6.45) is 0. The molecule has 0 aliphatic rings. The quantitative estimate of drug-likeness (QED) is 0.165. The maximum absolute atomic E-state index is 2.64. The van der Waals surface area contributed by atoms with E-state index in [0.717, 1.165) is 0 Å². The van der Waals surface area contributed by atoms with Crippen molar-refractivity contribution < 1.29 is 0 Å². The van der Waals surface area contributed by atoms with Crippen LogP contribution in [0.1, 0.15) is 106 Å². The molecule has 4 heteroatoms. The zero-order chi connectivity index (χ0) is 45.7. The monoisotopic (exact) mass is 858 g/mol. The summed E-state index contributed by atoms with van der Waals surface area (Å²) < 4.78 is 10.3. The molecular weight excluding hydrogens is 801 g/mol. The first-order valence-corrected chi connectivity index (χ1v) is 23.9. The molecule has 4 nitrogen and oxygen atoms in total. The Morgan fingerprint density at radius 3 is 1.05 bits per heavy atom. The van der Waals surface area contributed by atoms with E-state index in [2.05, 4.69) is 234 Å². The third kappa shape index (κ3) is 5.16. The van der Waals surface area contributed by atoms with Crippen molar-refractivity contribution in [3.8, 4) is 11.4 Å². The van der Waals surface area contributed by atoms with Crippen LogP contribution in [0.2, 0.25) is 0 Å². The highest BCUT2D eigenvalue weighted by Crippen LogP contribution is 2.51. The Morgan fingerprint density at radius 2 is 0.682 bits per heavy atom. The van der Waals surface area contributed by atoms with Gasteiger partial charge in [0.1, 0.15) is 0 Å². The molecule has 0 spiro atoms. The molecule has 13 aromatic rings. The number of para-hydroxylation sites is 2. The maximum Gasteiger partial charge on any atom is 0.0618 e. The van der Waals surface area contributed by atoms with Gasteiger partial charge in [-0.15, -0.1) is 0 Å². The predicted octanol–water partition coefficient (Wildman–Crippen LogP) is 17.1. The maximum atomic E-state index is 2.64. The van der Waals surface area contributed by atoms with E-state index in [1.165, 1.54) is 132 Å². The fraction of sp³-hybridized carbons (Fsp3) is 0.258. The Kier molecular flexibility index (Phi) is 7.53. The summed E-state index contributed by atoms with van der Waals surface area (Å²) in [6.45, 7) is 28.3. The molecule has 0 aliphatic carbocycles. The van der Waals surface area contributed by atoms with Crippen molar-refractivity contribution in [2.45, 2.75) is 105 Å². The molecule has 6 aromatic heterocycles. The first-order chi connectivity index (χ1) is 31.3. The van der Waals surface area contributed by atoms with E-state index >= 15 is 0 Å². The number of hydrogen-bond donors (Lipinski definition) is 0. The summed E-state index contributed by atoms with van der Waals surface area (Å²) in [7, 11) is 0. The molecule has 0 atom stereocenters. The van der Waals surface area contributed by atoms with Crippen molar-refractivity contribution in [2.24, 2.45) is 0 Å². The molecule has 7 aromatic carbocycles. The van der Waals surface area contributed by atoms with E-state index in [9.17, 15) is 0 Å². The van der Waals surface area contributed by atoms with E-state index in [-0.39, 0.29) is 21.7 Å². The second-order valence-corrected chi connectivity index (χ2v) is 23.6. The molecule has 0 saturated heterocycles. The van der Waals surface area contributed by atoms with Gasteiger partial charge in [-0.2, -0.15) is 0 Å². The van der Waals surface area contributed by atoms with Gasteiger partial charge in [0.05, 0.1) is 44.1 Å². The lowest BCUT2D eigenvalue weighted by Crippen LogP contribution is -2.14. The lowest BCUT2D eigenvalue weighted by atomic mass is 9.86. The van der Waals surface area contributed by atoms with Crippen LogP contribution in [0, 0.1) is 0 Å². The number of benzene rings is 7. The number of hydrogen-bond acceptors (Lipinski definition) is 0. The van der Waals surface area contributed by atoms with E-state index < -0.39 is 0 Å². The van der Waals surface area contributed by atoms with Crippen molar-refractivity contribution in [3.05, 3.63) is 156 Å². The van der Waals surface area contributed by atoms with Gasteiger partial charge in [-0.3, -0.25) is 0 Å². The Morgan fingerprint density at radius 1 is 0.303 bits per heavy atom. The Labute approximate surface area is 386 Å². The lowest BCUT2D eigenvalue weighted by Gasteiger charge is -2.19. The molecule has 0 N–H and O–H groups in total. The van der Waals surface area contributed by atoms with Crippen LogP contribution in [0.4, 0.5) is 0 Å². The van der Waals surface area contributed by atoms with Gasteiger partial charge in [0.2, 0.25) is 0 Å². The summed E-state index contributed by atoms with van der Waals surface area (Å²) in [4.78, 5) is 0. The minimum Gasteiger partial charge on any atom is -0.312 e. The van der Waals surface area contributed by atoms with Crippen LogP contribution in [-0.4, -0.2) is 17.9 Å². The fourth-order valence-electron chi connectivity index (χ4n) is 11.9. The lowest BCUT2D eigenvalue weighted by molar-refractivity contribution is 0.567. The van der Waals surface area contributed by atoms with Crippen molar-refractivity contribution in [3.63, 3.8) is 0 Å². The highest BCUT2D eigenvalue weighted by Gasteiger charge is 2.32. The highest BCUT2D eigenvalue weighted by molar-refractivity contribution is 6.37. The summed E-state index contributed by atoms with van der Waals surface area (Å²) in [5.41, 5.74) is 17.7. The molecule has 0 saturated carbocycles. The third-order valence-corrected chi connectivity index (χ3v) is 15.1. The summed E-state index contributed by atoms with van der Waals surface area (Å²) in [5, 5.41) is 13.2. The molecule has 6 heterocycles. The average Bonchev–Trinajstić information content (AvgIpc) is 4.10. The first kappa shape index (κ1) is 39.6. The van der Waals surface area contributed by atoms with E-state index in [1.807, 2.05) is 0 Å². The molecule has 0 aliphatic heterocycles. The van der Waals surface area contributed by atoms with Crippen molar-refractivity contribution in [1.82, 2.24) is 17.9 Å². The fourth-order valence-corrected chi connectivity index (χ4v) is 11.9. The zero-order valence-corrected chi connectivity index (χ0v) is 40.5. The SMILES string of the molecule is CC(C)(C)c1ccc2c(c1)c1c3c4cc5c6c7c8cc(C(C)(C)C)ccc8n(-c8ccccc8)c7cc7cc(C(C)(C)C)n(c5cc4n4c(C(C)(C)C)cc(cc1n2-c1ccccc1)c34)c76. The van der Waals surface area contributed by atoms with Crippen LogP contribution in [0.5, 0.6) is 0 Å². The van der Waals surface area contributed by atoms with Crippen LogP contribution >= 0.6 is 0 Å². The van der Waals surface area contributed by atoms with Gasteiger partial charge >= 0.3 is 0 Å². The van der Waals surface area contributed by atoms with Crippen LogP contribution in [0.3, 0.4) is 0 Å². The smallest absolute Gasteiger partial charge is 0.0618 e. The number of aromatic nitrogens is 4. The van der Waals surface area contributed by atoms with Crippen LogP contribution in [-0.2, 0) is 21.7 Å². The second-order valence-electron chi connectivity index (χ2n) is 23.6. The van der Waals surface area contributed by atoms with E-state index in [0.29, 0.717) is 0 Å². The summed E-state index contributed by atoms with van der Waals surface area (Å²) >= 11 is 0. The molecule has 326 valence electrons. The van der Waals surface area contributed by atoms with Gasteiger partial charge in [-0.25, -0.2) is 0 Å².